The van der Waals surface area contributed by atoms with Gasteiger partial charge >= 0.3 is 0 Å². The van der Waals surface area contributed by atoms with Gasteiger partial charge in [-0.25, -0.2) is 9.97 Å². The number of fused-ring (bicyclic) bond motifs is 1. The number of aromatic nitrogens is 3. The van der Waals surface area contributed by atoms with Gasteiger partial charge in [-0.2, -0.15) is 0 Å². The van der Waals surface area contributed by atoms with E-state index < -0.39 is 0 Å². The lowest BCUT2D eigenvalue weighted by atomic mass is 9.97. The van der Waals surface area contributed by atoms with E-state index in [4.69, 9.17) is 9.72 Å². The van der Waals surface area contributed by atoms with E-state index in [1.54, 1.807) is 0 Å². The molecule has 0 amide bonds. The normalized spacial score (nSPS) is 26.7. The first-order valence-corrected chi connectivity index (χ1v) is 8.88. The van der Waals surface area contributed by atoms with Gasteiger partial charge in [-0.3, -0.25) is 0 Å². The van der Waals surface area contributed by atoms with E-state index >= 15 is 0 Å². The van der Waals surface area contributed by atoms with Crippen molar-refractivity contribution in [2.24, 2.45) is 5.92 Å². The molecule has 23 heavy (non-hydrogen) atoms. The van der Waals surface area contributed by atoms with Crippen LogP contribution in [0, 0.1) is 5.92 Å². The average molecular weight is 314 g/mol. The summed E-state index contributed by atoms with van der Waals surface area (Å²) in [5, 5.41) is 0. The van der Waals surface area contributed by atoms with Crippen LogP contribution in [-0.4, -0.2) is 52.8 Å². The van der Waals surface area contributed by atoms with Crippen molar-refractivity contribution < 1.29 is 4.74 Å². The fourth-order valence-electron chi connectivity index (χ4n) is 4.09. The lowest BCUT2D eigenvalue weighted by Crippen LogP contribution is -2.34. The Morgan fingerprint density at radius 3 is 3.09 bits per heavy atom. The van der Waals surface area contributed by atoms with E-state index in [9.17, 15) is 0 Å². The Bertz CT molecular complexity index is 662. The highest BCUT2D eigenvalue weighted by Gasteiger charge is 2.26. The minimum absolute atomic E-state index is 0.416. The zero-order chi connectivity index (χ0) is 15.6. The van der Waals surface area contributed by atoms with Crippen LogP contribution in [0.15, 0.2) is 18.3 Å². The quantitative estimate of drug-likeness (QED) is 0.873. The molecule has 2 aromatic heterocycles. The van der Waals surface area contributed by atoms with E-state index in [-0.39, 0.29) is 0 Å². The molecule has 0 spiro atoms. The van der Waals surface area contributed by atoms with Gasteiger partial charge in [0.2, 0.25) is 0 Å². The zero-order valence-corrected chi connectivity index (χ0v) is 13.9. The summed E-state index contributed by atoms with van der Waals surface area (Å²) in [7, 11) is 2.23. The minimum atomic E-state index is 0.416. The van der Waals surface area contributed by atoms with Gasteiger partial charge in [-0.05, 0) is 57.3 Å². The molecule has 2 aliphatic heterocycles. The lowest BCUT2D eigenvalue weighted by Gasteiger charge is -2.31. The third-order valence-electron chi connectivity index (χ3n) is 5.22. The molecule has 0 aliphatic carbocycles. The van der Waals surface area contributed by atoms with Gasteiger partial charge in [-0.1, -0.05) is 0 Å². The topological polar surface area (TPSA) is 43.2 Å². The summed E-state index contributed by atoms with van der Waals surface area (Å²) in [5.74, 6) is 2.29. The van der Waals surface area contributed by atoms with E-state index in [1.807, 2.05) is 12.3 Å². The maximum Gasteiger partial charge on any atom is 0.160 e. The summed E-state index contributed by atoms with van der Waals surface area (Å²) < 4.78 is 8.10. The van der Waals surface area contributed by atoms with E-state index in [1.165, 1.54) is 38.2 Å². The molecule has 2 atom stereocenters. The van der Waals surface area contributed by atoms with Gasteiger partial charge in [0.05, 0.1) is 6.61 Å². The van der Waals surface area contributed by atoms with Crippen LogP contribution in [0.3, 0.4) is 0 Å². The Balaban J connectivity index is 1.67. The SMILES string of the molecule is CN1CCCC(Cn2c(C3CCCOC3)nc3cccnc32)C1. The van der Waals surface area contributed by atoms with Crippen molar-refractivity contribution in [2.45, 2.75) is 38.1 Å². The Kier molecular flexibility index (Phi) is 4.31. The summed E-state index contributed by atoms with van der Waals surface area (Å²) in [6.07, 6.45) is 6.79. The van der Waals surface area contributed by atoms with Gasteiger partial charge in [0.1, 0.15) is 11.3 Å². The number of nitrogens with zero attached hydrogens (tertiary/aromatic N) is 4. The van der Waals surface area contributed by atoms with Gasteiger partial charge in [0, 0.05) is 31.8 Å². The molecule has 2 aromatic rings. The second-order valence-corrected chi connectivity index (χ2v) is 7.11. The number of hydrogen-bond acceptors (Lipinski definition) is 4. The molecule has 4 heterocycles. The van der Waals surface area contributed by atoms with Crippen molar-refractivity contribution in [1.82, 2.24) is 19.4 Å². The summed E-state index contributed by atoms with van der Waals surface area (Å²) in [6.45, 7) is 5.12. The summed E-state index contributed by atoms with van der Waals surface area (Å²) in [6, 6.07) is 4.06. The van der Waals surface area contributed by atoms with Crippen LogP contribution in [0.4, 0.5) is 0 Å². The molecule has 2 aliphatic rings. The molecule has 2 fully saturated rings. The number of ether oxygens (including phenoxy) is 1. The Morgan fingerprint density at radius 1 is 1.30 bits per heavy atom. The number of rotatable bonds is 3. The van der Waals surface area contributed by atoms with Crippen LogP contribution in [0.2, 0.25) is 0 Å². The van der Waals surface area contributed by atoms with Crippen molar-refractivity contribution in [2.75, 3.05) is 33.4 Å². The predicted molar refractivity (Wildman–Crippen MR) is 90.5 cm³/mol. The molecule has 0 N–H and O–H groups in total. The average Bonchev–Trinajstić information content (AvgIpc) is 2.95. The minimum Gasteiger partial charge on any atom is -0.381 e. The Morgan fingerprint density at radius 2 is 2.26 bits per heavy atom. The summed E-state index contributed by atoms with van der Waals surface area (Å²) >= 11 is 0. The third-order valence-corrected chi connectivity index (χ3v) is 5.22. The standard InChI is InChI=1S/C18H26N4O/c1-21-9-3-5-14(11-21)12-22-17(15-6-4-10-23-13-15)20-16-7-2-8-19-18(16)22/h2,7-8,14-15H,3-6,9-13H2,1H3. The maximum absolute atomic E-state index is 5.71. The molecule has 0 bridgehead atoms. The number of hydrogen-bond donors (Lipinski definition) is 0. The molecule has 0 saturated carbocycles. The van der Waals surface area contributed by atoms with Crippen LogP contribution < -0.4 is 0 Å². The van der Waals surface area contributed by atoms with Crippen LogP contribution in [0.1, 0.15) is 37.4 Å². The molecule has 2 saturated heterocycles. The molecule has 2 unspecified atom stereocenters. The van der Waals surface area contributed by atoms with E-state index in [2.05, 4.69) is 27.6 Å². The smallest absolute Gasteiger partial charge is 0.160 e. The van der Waals surface area contributed by atoms with Crippen molar-refractivity contribution in [3.05, 3.63) is 24.2 Å². The van der Waals surface area contributed by atoms with Crippen LogP contribution in [0.5, 0.6) is 0 Å². The monoisotopic (exact) mass is 314 g/mol. The fourth-order valence-corrected chi connectivity index (χ4v) is 4.09. The molecule has 124 valence electrons. The van der Waals surface area contributed by atoms with Crippen molar-refractivity contribution >= 4 is 11.2 Å². The van der Waals surface area contributed by atoms with E-state index in [0.29, 0.717) is 11.8 Å². The lowest BCUT2D eigenvalue weighted by molar-refractivity contribution is 0.0765. The zero-order valence-electron chi connectivity index (χ0n) is 13.9. The first kappa shape index (κ1) is 15.1. The van der Waals surface area contributed by atoms with Crippen molar-refractivity contribution in [3.63, 3.8) is 0 Å². The number of imidazole rings is 1. The summed E-state index contributed by atoms with van der Waals surface area (Å²) in [4.78, 5) is 12.0. The third kappa shape index (κ3) is 3.12. The number of pyridine rings is 1. The molecular weight excluding hydrogens is 288 g/mol. The van der Waals surface area contributed by atoms with Crippen molar-refractivity contribution in [3.8, 4) is 0 Å². The highest BCUT2D eigenvalue weighted by Crippen LogP contribution is 2.29. The second-order valence-electron chi connectivity index (χ2n) is 7.11. The summed E-state index contributed by atoms with van der Waals surface area (Å²) in [5.41, 5.74) is 2.07. The Labute approximate surface area is 137 Å². The van der Waals surface area contributed by atoms with E-state index in [0.717, 1.165) is 37.3 Å². The highest BCUT2D eigenvalue weighted by molar-refractivity contribution is 5.71. The molecule has 0 aromatic carbocycles. The predicted octanol–water partition coefficient (Wildman–Crippen LogP) is 2.67. The number of piperidine rings is 1. The maximum atomic E-state index is 5.71. The first-order chi connectivity index (χ1) is 11.3. The van der Waals surface area contributed by atoms with Crippen LogP contribution in [0.25, 0.3) is 11.2 Å². The second kappa shape index (κ2) is 6.57. The molecular formula is C18H26N4O. The highest BCUT2D eigenvalue weighted by atomic mass is 16.5. The fraction of sp³-hybridized carbons (Fsp3) is 0.667. The number of likely N-dealkylation sites (tertiary alicyclic amines) is 1. The molecule has 4 rings (SSSR count). The largest absolute Gasteiger partial charge is 0.381 e. The van der Waals surface area contributed by atoms with Gasteiger partial charge < -0.3 is 14.2 Å². The molecule has 0 radical (unpaired) electrons. The van der Waals surface area contributed by atoms with Crippen LogP contribution in [-0.2, 0) is 11.3 Å². The van der Waals surface area contributed by atoms with Crippen molar-refractivity contribution in [1.29, 1.82) is 0 Å². The Hall–Kier alpha value is -1.46. The molecule has 5 heteroatoms. The first-order valence-electron chi connectivity index (χ1n) is 8.88. The molecule has 5 nitrogen and oxygen atoms in total. The van der Waals surface area contributed by atoms with Gasteiger partial charge in [0.15, 0.2) is 5.65 Å². The van der Waals surface area contributed by atoms with Gasteiger partial charge in [0.25, 0.3) is 0 Å². The van der Waals surface area contributed by atoms with Crippen LogP contribution >= 0.6 is 0 Å². The van der Waals surface area contributed by atoms with Gasteiger partial charge in [-0.15, -0.1) is 0 Å².